The van der Waals surface area contributed by atoms with Gasteiger partial charge < -0.3 is 19.8 Å². The minimum atomic E-state index is -4.34. The number of aliphatic hydroxyl groups excluding tert-OH is 1. The predicted molar refractivity (Wildman–Crippen MR) is 373 cm³/mol. The number of phosphoric acid groups is 1. The number of amides is 1. The van der Waals surface area contributed by atoms with E-state index in [0.29, 0.717) is 23.9 Å². The molecule has 3 atom stereocenters. The van der Waals surface area contributed by atoms with E-state index >= 15 is 0 Å². The van der Waals surface area contributed by atoms with Crippen molar-refractivity contribution in [2.24, 2.45) is 0 Å². The fraction of sp³-hybridized carbons (Fsp3) is 0.724. The molecule has 0 saturated carbocycles. The summed E-state index contributed by atoms with van der Waals surface area (Å²) in [6.45, 7) is 4.78. The van der Waals surface area contributed by atoms with Crippen LogP contribution < -0.4 is 5.32 Å². The molecule has 9 heteroatoms. The Hall–Kier alpha value is -3.10. The van der Waals surface area contributed by atoms with Gasteiger partial charge in [0.2, 0.25) is 5.91 Å². The molecule has 0 spiro atoms. The van der Waals surface area contributed by atoms with Crippen molar-refractivity contribution >= 4 is 13.7 Å². The Labute approximate surface area is 526 Å². The summed E-state index contributed by atoms with van der Waals surface area (Å²) in [4.78, 5) is 23.5. The van der Waals surface area contributed by atoms with Crippen LogP contribution in [-0.4, -0.2) is 73.4 Å². The molecule has 0 fully saturated rings. The van der Waals surface area contributed by atoms with Crippen LogP contribution in [-0.2, 0) is 18.4 Å². The average Bonchev–Trinajstić information content (AvgIpc) is 3.49. The molecule has 0 rings (SSSR count). The van der Waals surface area contributed by atoms with Crippen molar-refractivity contribution in [1.29, 1.82) is 0 Å². The molecule has 0 bridgehead atoms. The van der Waals surface area contributed by atoms with Crippen LogP contribution >= 0.6 is 7.82 Å². The first-order chi connectivity index (χ1) is 41.5. The van der Waals surface area contributed by atoms with Crippen LogP contribution in [0.15, 0.2) is 122 Å². The Morgan fingerprint density at radius 3 is 1.04 bits per heavy atom. The largest absolute Gasteiger partial charge is 0.472 e. The Balaban J connectivity index is 4.14. The van der Waals surface area contributed by atoms with Gasteiger partial charge in [0.1, 0.15) is 13.2 Å². The van der Waals surface area contributed by atoms with Crippen molar-refractivity contribution in [2.75, 3.05) is 40.9 Å². The molecule has 0 radical (unpaired) electrons. The third kappa shape index (κ3) is 68.3. The van der Waals surface area contributed by atoms with Crippen molar-refractivity contribution in [3.05, 3.63) is 122 Å². The number of nitrogens with one attached hydrogen (secondary N) is 1. The van der Waals surface area contributed by atoms with Crippen molar-refractivity contribution in [1.82, 2.24) is 5.32 Å². The van der Waals surface area contributed by atoms with Crippen LogP contribution in [0.5, 0.6) is 0 Å². The van der Waals surface area contributed by atoms with E-state index < -0.39 is 20.0 Å². The maximum Gasteiger partial charge on any atom is 0.472 e. The minimum absolute atomic E-state index is 0.0660. The smallest absolute Gasteiger partial charge is 0.391 e. The third-order valence-electron chi connectivity index (χ3n) is 15.5. The second kappa shape index (κ2) is 65.3. The molecule has 490 valence electrons. The quantitative estimate of drug-likeness (QED) is 0.0243. The van der Waals surface area contributed by atoms with Gasteiger partial charge in [-0.1, -0.05) is 328 Å². The fourth-order valence-corrected chi connectivity index (χ4v) is 10.8. The Kier molecular flexibility index (Phi) is 63.0. The zero-order chi connectivity index (χ0) is 61.9. The van der Waals surface area contributed by atoms with Crippen molar-refractivity contribution in [2.45, 2.75) is 315 Å². The zero-order valence-electron chi connectivity index (χ0n) is 56.1. The van der Waals surface area contributed by atoms with E-state index in [0.717, 1.165) is 116 Å². The molecule has 0 aromatic carbocycles. The van der Waals surface area contributed by atoms with Gasteiger partial charge in [-0.2, -0.15) is 0 Å². The molecule has 8 nitrogen and oxygen atoms in total. The van der Waals surface area contributed by atoms with Gasteiger partial charge in [0, 0.05) is 6.42 Å². The molecule has 0 aromatic rings. The van der Waals surface area contributed by atoms with Crippen LogP contribution in [0.3, 0.4) is 0 Å². The molecular weight excluding hydrogens is 1070 g/mol. The van der Waals surface area contributed by atoms with Crippen LogP contribution in [0, 0.1) is 0 Å². The molecule has 0 saturated heterocycles. The third-order valence-corrected chi connectivity index (χ3v) is 16.5. The van der Waals surface area contributed by atoms with Crippen LogP contribution in [0.2, 0.25) is 0 Å². The standard InChI is InChI=1S/C76H135N2O6P/c1-6-8-10-12-14-16-18-20-22-24-26-28-30-32-34-35-36-37-38-39-40-41-42-43-44-46-48-50-52-54-56-58-60-62-64-66-68-70-76(80)77-74(73-84-85(81,82)83-72-71-78(3,4)5)75(79)69-67-65-63-61-59-57-55-53-51-49-47-45-33-31-29-27-25-23-21-19-17-15-13-11-9-7-2/h8,10,14,16,20,22,26,28,32,34,36-37,39-40,42-43,46,48,52,54,74-75,79H,6-7,9,11-13,15,17-19,21,23-25,27,29-31,33,35,38,41,44-45,47,49-51,53,55-73H2,1-5H3,(H-,77,80,81,82)/p+1/b10-8-,16-14-,22-20-,28-26-,34-32-,37-36-,40-39-,43-42-,48-46-,54-52-. The summed E-state index contributed by atoms with van der Waals surface area (Å²) >= 11 is 0. The van der Waals surface area contributed by atoms with Crippen molar-refractivity contribution in [3.63, 3.8) is 0 Å². The Morgan fingerprint density at radius 1 is 0.412 bits per heavy atom. The molecule has 3 N–H and O–H groups in total. The first-order valence-electron chi connectivity index (χ1n) is 35.4. The highest BCUT2D eigenvalue weighted by molar-refractivity contribution is 7.47. The number of quaternary nitrogens is 1. The second-order valence-electron chi connectivity index (χ2n) is 24.9. The van der Waals surface area contributed by atoms with Gasteiger partial charge in [0.15, 0.2) is 0 Å². The summed E-state index contributed by atoms with van der Waals surface area (Å²) in [6, 6.07) is -0.779. The van der Waals surface area contributed by atoms with Gasteiger partial charge in [-0.05, 0) is 89.9 Å². The molecule has 1 amide bonds. The SMILES string of the molecule is CC/C=C\C/C=C\C/C=C\C/C=C\C/C=C\C/C=C\C/C=C\C/C=C\C/C=C\C/C=C\CCCCCCCCC(=O)NC(COP(=O)(O)OCC[N+](C)(C)C)C(O)CCCCCCCCCCCCCCCCCCCCCCCCCCCC. The predicted octanol–water partition coefficient (Wildman–Crippen LogP) is 22.8. The lowest BCUT2D eigenvalue weighted by atomic mass is 10.0. The number of hydrogen-bond donors (Lipinski definition) is 3. The number of rotatable bonds is 64. The van der Waals surface area contributed by atoms with Gasteiger partial charge in [0.05, 0.1) is 39.9 Å². The number of likely N-dealkylation sites (N-methyl/N-ethyl adjacent to an activating group) is 1. The molecule has 0 aliphatic carbocycles. The number of unbranched alkanes of at least 4 members (excludes halogenated alkanes) is 31. The number of aliphatic hydroxyl groups is 1. The van der Waals surface area contributed by atoms with Crippen molar-refractivity contribution < 1.29 is 32.9 Å². The van der Waals surface area contributed by atoms with E-state index in [1.165, 1.54) is 161 Å². The molecule has 0 aromatic heterocycles. The normalized spacial score (nSPS) is 14.4. The van der Waals surface area contributed by atoms with E-state index in [1.54, 1.807) is 0 Å². The summed E-state index contributed by atoms with van der Waals surface area (Å²) in [6.07, 6.45) is 97.2. The van der Waals surface area contributed by atoms with E-state index in [1.807, 2.05) is 21.1 Å². The summed E-state index contributed by atoms with van der Waals surface area (Å²) in [5, 5.41) is 14.1. The van der Waals surface area contributed by atoms with Gasteiger partial charge in [-0.25, -0.2) is 4.57 Å². The highest BCUT2D eigenvalue weighted by Gasteiger charge is 2.28. The molecule has 85 heavy (non-hydrogen) atoms. The molecular formula is C76H136N2O6P+. The van der Waals surface area contributed by atoms with Crippen LogP contribution in [0.4, 0.5) is 0 Å². The highest BCUT2D eigenvalue weighted by Crippen LogP contribution is 2.43. The molecule has 3 unspecified atom stereocenters. The average molecular weight is 1200 g/mol. The Morgan fingerprint density at radius 2 is 0.706 bits per heavy atom. The lowest BCUT2D eigenvalue weighted by molar-refractivity contribution is -0.870. The number of nitrogens with zero attached hydrogens (tertiary/aromatic N) is 1. The topological polar surface area (TPSA) is 105 Å². The summed E-state index contributed by atoms with van der Waals surface area (Å²) in [7, 11) is 1.60. The second-order valence-corrected chi connectivity index (χ2v) is 26.3. The van der Waals surface area contributed by atoms with Crippen molar-refractivity contribution in [3.8, 4) is 0 Å². The lowest BCUT2D eigenvalue weighted by Crippen LogP contribution is -2.46. The van der Waals surface area contributed by atoms with Gasteiger partial charge in [-0.3, -0.25) is 13.8 Å². The van der Waals surface area contributed by atoms with E-state index in [-0.39, 0.29) is 19.1 Å². The lowest BCUT2D eigenvalue weighted by Gasteiger charge is -2.26. The highest BCUT2D eigenvalue weighted by atomic mass is 31.2. The molecule has 0 aliphatic rings. The van der Waals surface area contributed by atoms with Gasteiger partial charge in [0.25, 0.3) is 0 Å². The van der Waals surface area contributed by atoms with E-state index in [9.17, 15) is 19.4 Å². The maximum atomic E-state index is 13.1. The number of allylic oxidation sites excluding steroid dienone is 20. The number of phosphoric ester groups is 1. The first-order valence-corrected chi connectivity index (χ1v) is 36.9. The fourth-order valence-electron chi connectivity index (χ4n) is 10.0. The van der Waals surface area contributed by atoms with Gasteiger partial charge >= 0.3 is 7.82 Å². The maximum absolute atomic E-state index is 13.1. The first kappa shape index (κ1) is 81.9. The number of carbonyl (C=O) groups is 1. The monoisotopic (exact) mass is 1200 g/mol. The summed E-state index contributed by atoms with van der Waals surface area (Å²) in [5.74, 6) is -0.160. The number of carbonyl (C=O) groups excluding carboxylic acids is 1. The summed E-state index contributed by atoms with van der Waals surface area (Å²) < 4.78 is 23.9. The molecule has 0 heterocycles. The van der Waals surface area contributed by atoms with Gasteiger partial charge in [-0.15, -0.1) is 0 Å². The van der Waals surface area contributed by atoms with Crippen LogP contribution in [0.1, 0.15) is 303 Å². The van der Waals surface area contributed by atoms with Crippen LogP contribution in [0.25, 0.3) is 0 Å². The zero-order valence-corrected chi connectivity index (χ0v) is 57.0. The van der Waals surface area contributed by atoms with E-state index in [2.05, 4.69) is 141 Å². The Bertz CT molecular complexity index is 1800. The number of hydrogen-bond acceptors (Lipinski definition) is 5. The molecule has 0 aliphatic heterocycles. The summed E-state index contributed by atoms with van der Waals surface area (Å²) in [5.41, 5.74) is 0. The van der Waals surface area contributed by atoms with E-state index in [4.69, 9.17) is 9.05 Å². The minimum Gasteiger partial charge on any atom is -0.391 e.